The van der Waals surface area contributed by atoms with Crippen molar-refractivity contribution in [3.8, 4) is 0 Å². The van der Waals surface area contributed by atoms with Gasteiger partial charge in [-0.15, -0.1) is 11.8 Å². The summed E-state index contributed by atoms with van der Waals surface area (Å²) < 4.78 is 5.18. The average molecular weight is 198 g/mol. The highest BCUT2D eigenvalue weighted by Gasteiger charge is 2.12. The van der Waals surface area contributed by atoms with Crippen molar-refractivity contribution in [1.29, 1.82) is 0 Å². The van der Waals surface area contributed by atoms with Gasteiger partial charge in [-0.3, -0.25) is 4.79 Å². The quantitative estimate of drug-likeness (QED) is 0.728. The molecule has 2 nitrogen and oxygen atoms in total. The van der Waals surface area contributed by atoms with E-state index in [4.69, 9.17) is 4.42 Å². The predicted octanol–water partition coefficient (Wildman–Crippen LogP) is 2.88. The van der Waals surface area contributed by atoms with Gasteiger partial charge in [0.1, 0.15) is 11.5 Å². The molecule has 0 aliphatic rings. The van der Waals surface area contributed by atoms with Crippen LogP contribution in [0.3, 0.4) is 0 Å². The molecule has 1 atom stereocenters. The van der Waals surface area contributed by atoms with Gasteiger partial charge >= 0.3 is 0 Å². The molecule has 0 amide bonds. The molecule has 13 heavy (non-hydrogen) atoms. The molecule has 0 spiro atoms. The Morgan fingerprint density at radius 3 is 2.92 bits per heavy atom. The summed E-state index contributed by atoms with van der Waals surface area (Å²) in [5.41, 5.74) is 0. The average Bonchev–Trinajstić information content (AvgIpc) is 2.57. The van der Waals surface area contributed by atoms with E-state index in [0.29, 0.717) is 0 Å². The zero-order valence-corrected chi connectivity index (χ0v) is 8.76. The molecule has 0 saturated heterocycles. The van der Waals surface area contributed by atoms with Gasteiger partial charge < -0.3 is 4.42 Å². The minimum absolute atomic E-state index is 0.116. The van der Waals surface area contributed by atoms with Crippen LogP contribution < -0.4 is 0 Å². The minimum Gasteiger partial charge on any atom is -0.468 e. The zero-order valence-electron chi connectivity index (χ0n) is 7.95. The summed E-state index contributed by atoms with van der Waals surface area (Å²) in [6.07, 6.45) is 2.55. The Bertz CT molecular complexity index is 254. The first kappa shape index (κ1) is 10.4. The standard InChI is InChI=1S/C10H14O2S/c1-3-10(8(2)11)13-7-9-5-4-6-12-9/h4-6,10H,3,7H2,1-2H3. The van der Waals surface area contributed by atoms with Crippen LogP contribution in [-0.4, -0.2) is 11.0 Å². The number of carbonyl (C=O) groups is 1. The van der Waals surface area contributed by atoms with Crippen molar-refractivity contribution < 1.29 is 9.21 Å². The topological polar surface area (TPSA) is 30.2 Å². The van der Waals surface area contributed by atoms with Crippen molar-refractivity contribution in [2.45, 2.75) is 31.3 Å². The molecule has 0 aliphatic heterocycles. The molecule has 1 unspecified atom stereocenters. The van der Waals surface area contributed by atoms with Gasteiger partial charge in [-0.1, -0.05) is 6.92 Å². The highest BCUT2D eigenvalue weighted by atomic mass is 32.2. The van der Waals surface area contributed by atoms with Crippen LogP contribution in [0.2, 0.25) is 0 Å². The van der Waals surface area contributed by atoms with Crippen LogP contribution >= 0.6 is 11.8 Å². The zero-order chi connectivity index (χ0) is 9.68. The van der Waals surface area contributed by atoms with E-state index in [1.54, 1.807) is 24.9 Å². The summed E-state index contributed by atoms with van der Waals surface area (Å²) in [5, 5.41) is 0.116. The van der Waals surface area contributed by atoms with Gasteiger partial charge in [0, 0.05) is 0 Å². The maximum absolute atomic E-state index is 11.1. The molecule has 72 valence electrons. The third-order valence-corrected chi connectivity index (χ3v) is 3.35. The molecule has 0 radical (unpaired) electrons. The van der Waals surface area contributed by atoms with Gasteiger partial charge in [-0.05, 0) is 25.5 Å². The van der Waals surface area contributed by atoms with Crippen molar-refractivity contribution in [2.24, 2.45) is 0 Å². The number of carbonyl (C=O) groups excluding carboxylic acids is 1. The lowest BCUT2D eigenvalue weighted by atomic mass is 10.2. The summed E-state index contributed by atoms with van der Waals surface area (Å²) >= 11 is 1.64. The Labute approximate surface area is 82.7 Å². The number of furan rings is 1. The van der Waals surface area contributed by atoms with Crippen molar-refractivity contribution in [3.63, 3.8) is 0 Å². The van der Waals surface area contributed by atoms with E-state index >= 15 is 0 Å². The SMILES string of the molecule is CCC(SCc1ccco1)C(C)=O. The molecular weight excluding hydrogens is 184 g/mol. The number of Topliss-reactive ketones (excluding diaryl/α,β-unsaturated/α-hetero) is 1. The highest BCUT2D eigenvalue weighted by molar-refractivity contribution is 7.99. The third kappa shape index (κ3) is 3.27. The van der Waals surface area contributed by atoms with Gasteiger partial charge in [0.2, 0.25) is 0 Å². The number of thioether (sulfide) groups is 1. The van der Waals surface area contributed by atoms with Crippen LogP contribution in [0.5, 0.6) is 0 Å². The van der Waals surface area contributed by atoms with Crippen LogP contribution in [0.1, 0.15) is 26.0 Å². The predicted molar refractivity (Wildman–Crippen MR) is 54.8 cm³/mol. The van der Waals surface area contributed by atoms with E-state index in [2.05, 4.69) is 0 Å². The number of ketones is 1. The van der Waals surface area contributed by atoms with Crippen LogP contribution in [-0.2, 0) is 10.5 Å². The molecule has 3 heteroatoms. The Hall–Kier alpha value is -0.700. The largest absolute Gasteiger partial charge is 0.468 e. The van der Waals surface area contributed by atoms with Crippen molar-refractivity contribution >= 4 is 17.5 Å². The van der Waals surface area contributed by atoms with E-state index in [9.17, 15) is 4.79 Å². The number of hydrogen-bond donors (Lipinski definition) is 0. The van der Waals surface area contributed by atoms with Crippen LogP contribution in [0.25, 0.3) is 0 Å². The third-order valence-electron chi connectivity index (χ3n) is 1.83. The van der Waals surface area contributed by atoms with E-state index in [1.807, 2.05) is 19.1 Å². The number of rotatable bonds is 5. The number of hydrogen-bond acceptors (Lipinski definition) is 3. The molecule has 0 bridgehead atoms. The van der Waals surface area contributed by atoms with Crippen LogP contribution in [0, 0.1) is 0 Å². The molecule has 1 rings (SSSR count). The van der Waals surface area contributed by atoms with Gasteiger partial charge in [-0.2, -0.15) is 0 Å². The first-order chi connectivity index (χ1) is 6.24. The molecule has 0 aliphatic carbocycles. The maximum Gasteiger partial charge on any atom is 0.142 e. The Kier molecular flexibility index (Phi) is 4.09. The van der Waals surface area contributed by atoms with E-state index in [1.165, 1.54) is 0 Å². The fraction of sp³-hybridized carbons (Fsp3) is 0.500. The van der Waals surface area contributed by atoms with Gasteiger partial charge in [0.15, 0.2) is 0 Å². The van der Waals surface area contributed by atoms with Crippen molar-refractivity contribution in [3.05, 3.63) is 24.2 Å². The molecule has 1 heterocycles. The van der Waals surface area contributed by atoms with E-state index in [-0.39, 0.29) is 11.0 Å². The smallest absolute Gasteiger partial charge is 0.142 e. The van der Waals surface area contributed by atoms with E-state index < -0.39 is 0 Å². The van der Waals surface area contributed by atoms with Gasteiger partial charge in [0.25, 0.3) is 0 Å². The molecular formula is C10H14O2S. The fourth-order valence-electron chi connectivity index (χ4n) is 1.10. The molecule has 0 fully saturated rings. The summed E-state index contributed by atoms with van der Waals surface area (Å²) in [7, 11) is 0. The normalized spacial score (nSPS) is 12.8. The van der Waals surface area contributed by atoms with Crippen molar-refractivity contribution in [1.82, 2.24) is 0 Å². The van der Waals surface area contributed by atoms with E-state index in [0.717, 1.165) is 17.9 Å². The Balaban J connectivity index is 2.36. The minimum atomic E-state index is 0.116. The lowest BCUT2D eigenvalue weighted by Gasteiger charge is -2.08. The molecule has 1 aromatic heterocycles. The second-order valence-corrected chi connectivity index (χ2v) is 4.09. The summed E-state index contributed by atoms with van der Waals surface area (Å²) in [6, 6.07) is 3.80. The molecule has 1 aromatic rings. The monoisotopic (exact) mass is 198 g/mol. The molecule has 0 N–H and O–H groups in total. The molecule has 0 saturated carbocycles. The maximum atomic E-state index is 11.1. The fourth-order valence-corrected chi connectivity index (χ4v) is 2.10. The van der Waals surface area contributed by atoms with Gasteiger partial charge in [0.05, 0.1) is 17.3 Å². The second-order valence-electron chi connectivity index (χ2n) is 2.90. The highest BCUT2D eigenvalue weighted by Crippen LogP contribution is 2.20. The Morgan fingerprint density at radius 1 is 1.69 bits per heavy atom. The van der Waals surface area contributed by atoms with Crippen molar-refractivity contribution in [2.75, 3.05) is 0 Å². The Morgan fingerprint density at radius 2 is 2.46 bits per heavy atom. The summed E-state index contributed by atoms with van der Waals surface area (Å²) in [6.45, 7) is 3.67. The second kappa shape index (κ2) is 5.12. The van der Waals surface area contributed by atoms with Crippen LogP contribution in [0.15, 0.2) is 22.8 Å². The lowest BCUT2D eigenvalue weighted by Crippen LogP contribution is -2.11. The molecule has 0 aromatic carbocycles. The van der Waals surface area contributed by atoms with Gasteiger partial charge in [-0.25, -0.2) is 0 Å². The first-order valence-electron chi connectivity index (χ1n) is 4.38. The summed E-state index contributed by atoms with van der Waals surface area (Å²) in [4.78, 5) is 11.1. The summed E-state index contributed by atoms with van der Waals surface area (Å²) in [5.74, 6) is 1.97. The lowest BCUT2D eigenvalue weighted by molar-refractivity contribution is -0.116. The first-order valence-corrected chi connectivity index (χ1v) is 5.43. The van der Waals surface area contributed by atoms with Crippen LogP contribution in [0.4, 0.5) is 0 Å².